The standard InChI is InChI=1S/C28H37FN4O4S/c1-28(20-24(28)21-11-13-23(29)14-12-21)30-15-7-6-10-25(31-26(34)22-8-4-3-5-9-22)27(35)32-16-18-33(19-17-32)38(2,36)37/h3-5,8-9,11-14,24-25,30H,6-7,10,15-20H2,1-2H3,(H,31,34)/t24-,25-,28+/m0/s1. The maximum atomic E-state index is 13.4. The third-order valence-corrected chi connectivity index (χ3v) is 8.92. The monoisotopic (exact) mass is 544 g/mol. The van der Waals surface area contributed by atoms with Crippen LogP contribution in [0.15, 0.2) is 54.6 Å². The summed E-state index contributed by atoms with van der Waals surface area (Å²) >= 11 is 0. The molecule has 1 heterocycles. The number of sulfonamides is 1. The second-order valence-electron chi connectivity index (χ2n) is 10.5. The third kappa shape index (κ3) is 7.18. The lowest BCUT2D eigenvalue weighted by Crippen LogP contribution is -2.55. The molecule has 1 saturated carbocycles. The molecule has 38 heavy (non-hydrogen) atoms. The van der Waals surface area contributed by atoms with Crippen molar-refractivity contribution in [2.75, 3.05) is 39.0 Å². The Morgan fingerprint density at radius 1 is 1.03 bits per heavy atom. The molecule has 1 aliphatic carbocycles. The number of rotatable bonds is 11. The van der Waals surface area contributed by atoms with E-state index in [1.165, 1.54) is 22.7 Å². The van der Waals surface area contributed by atoms with E-state index in [2.05, 4.69) is 17.6 Å². The Morgan fingerprint density at radius 3 is 2.32 bits per heavy atom. The fourth-order valence-corrected chi connectivity index (χ4v) is 5.96. The molecule has 2 aromatic rings. The van der Waals surface area contributed by atoms with E-state index in [4.69, 9.17) is 0 Å². The summed E-state index contributed by atoms with van der Waals surface area (Å²) in [5.74, 6) is -0.358. The van der Waals surface area contributed by atoms with Crippen molar-refractivity contribution in [3.05, 3.63) is 71.5 Å². The number of hydrogen-bond acceptors (Lipinski definition) is 5. The number of amides is 2. The Hall–Kier alpha value is -2.82. The molecule has 2 aliphatic rings. The van der Waals surface area contributed by atoms with Crippen LogP contribution < -0.4 is 10.6 Å². The second-order valence-corrected chi connectivity index (χ2v) is 12.5. The molecule has 1 aliphatic heterocycles. The van der Waals surface area contributed by atoms with E-state index in [0.29, 0.717) is 31.0 Å². The fraction of sp³-hybridized carbons (Fsp3) is 0.500. The number of piperazine rings is 1. The summed E-state index contributed by atoms with van der Waals surface area (Å²) < 4.78 is 38.3. The maximum absolute atomic E-state index is 13.4. The fourth-order valence-electron chi connectivity index (χ4n) is 5.14. The summed E-state index contributed by atoms with van der Waals surface area (Å²) in [6, 6.07) is 14.8. The number of nitrogens with one attached hydrogen (secondary N) is 2. The maximum Gasteiger partial charge on any atom is 0.251 e. The van der Waals surface area contributed by atoms with Crippen molar-refractivity contribution >= 4 is 21.8 Å². The van der Waals surface area contributed by atoms with Gasteiger partial charge in [0, 0.05) is 43.2 Å². The predicted octanol–water partition coefficient (Wildman–Crippen LogP) is 2.73. The van der Waals surface area contributed by atoms with Crippen LogP contribution in [0.25, 0.3) is 0 Å². The zero-order chi connectivity index (χ0) is 27.3. The average molecular weight is 545 g/mol. The van der Waals surface area contributed by atoms with Crippen molar-refractivity contribution in [2.45, 2.75) is 50.1 Å². The van der Waals surface area contributed by atoms with Crippen LogP contribution in [0, 0.1) is 5.82 Å². The van der Waals surface area contributed by atoms with Gasteiger partial charge >= 0.3 is 0 Å². The van der Waals surface area contributed by atoms with Crippen molar-refractivity contribution in [1.29, 1.82) is 0 Å². The normalized spacial score (nSPS) is 22.6. The second kappa shape index (κ2) is 11.9. The minimum absolute atomic E-state index is 0.0200. The smallest absolute Gasteiger partial charge is 0.251 e. The van der Waals surface area contributed by atoms with Gasteiger partial charge in [-0.05, 0) is 69.0 Å². The van der Waals surface area contributed by atoms with E-state index < -0.39 is 16.1 Å². The molecule has 0 aromatic heterocycles. The first-order chi connectivity index (χ1) is 18.1. The van der Waals surface area contributed by atoms with Gasteiger partial charge in [0.1, 0.15) is 11.9 Å². The van der Waals surface area contributed by atoms with Gasteiger partial charge in [-0.3, -0.25) is 9.59 Å². The number of hydrogen-bond donors (Lipinski definition) is 2. The SMILES string of the molecule is C[C@@]1(NCCCC[C@H](NC(=O)c2ccccc2)C(=O)N2CCN(S(C)(=O)=O)CC2)C[C@H]1c1ccc(F)cc1. The summed E-state index contributed by atoms with van der Waals surface area (Å²) in [6.45, 7) is 4.05. The lowest BCUT2D eigenvalue weighted by molar-refractivity contribution is -0.134. The molecule has 206 valence electrons. The molecule has 2 fully saturated rings. The minimum Gasteiger partial charge on any atom is -0.340 e. The highest BCUT2D eigenvalue weighted by Gasteiger charge is 2.50. The van der Waals surface area contributed by atoms with Crippen LogP contribution in [0.5, 0.6) is 0 Å². The molecule has 2 amide bonds. The summed E-state index contributed by atoms with van der Waals surface area (Å²) in [7, 11) is -3.30. The highest BCUT2D eigenvalue weighted by Crippen LogP contribution is 2.51. The summed E-state index contributed by atoms with van der Waals surface area (Å²) in [4.78, 5) is 27.9. The van der Waals surface area contributed by atoms with Gasteiger partial charge in [0.05, 0.1) is 6.26 Å². The lowest BCUT2D eigenvalue weighted by atomic mass is 10.1. The number of nitrogens with zero attached hydrogens (tertiary/aromatic N) is 2. The van der Waals surface area contributed by atoms with Gasteiger partial charge in [-0.1, -0.05) is 30.3 Å². The Labute approximate surface area is 224 Å². The van der Waals surface area contributed by atoms with Crippen molar-refractivity contribution < 1.29 is 22.4 Å². The number of carbonyl (C=O) groups excluding carboxylic acids is 2. The first kappa shape index (κ1) is 28.2. The molecule has 3 atom stereocenters. The van der Waals surface area contributed by atoms with E-state index in [-0.39, 0.29) is 36.3 Å². The molecule has 2 N–H and O–H groups in total. The lowest BCUT2D eigenvalue weighted by Gasteiger charge is -2.35. The molecule has 0 radical (unpaired) electrons. The summed E-state index contributed by atoms with van der Waals surface area (Å²) in [6.07, 6.45) is 4.22. The van der Waals surface area contributed by atoms with Crippen LogP contribution >= 0.6 is 0 Å². The van der Waals surface area contributed by atoms with Gasteiger partial charge in [-0.15, -0.1) is 0 Å². The minimum atomic E-state index is -3.30. The predicted molar refractivity (Wildman–Crippen MR) is 145 cm³/mol. The Kier molecular flexibility index (Phi) is 8.85. The van der Waals surface area contributed by atoms with Gasteiger partial charge in [0.2, 0.25) is 15.9 Å². The van der Waals surface area contributed by atoms with Gasteiger partial charge in [-0.25, -0.2) is 12.8 Å². The zero-order valence-corrected chi connectivity index (χ0v) is 22.8. The van der Waals surface area contributed by atoms with E-state index >= 15 is 0 Å². The largest absolute Gasteiger partial charge is 0.340 e. The van der Waals surface area contributed by atoms with Crippen LogP contribution in [-0.4, -0.2) is 80.0 Å². The van der Waals surface area contributed by atoms with Crippen molar-refractivity contribution in [3.63, 3.8) is 0 Å². The average Bonchev–Trinajstić information content (AvgIpc) is 3.58. The van der Waals surface area contributed by atoms with Gasteiger partial charge < -0.3 is 15.5 Å². The van der Waals surface area contributed by atoms with Crippen molar-refractivity contribution in [1.82, 2.24) is 19.8 Å². The number of carbonyl (C=O) groups is 2. The van der Waals surface area contributed by atoms with E-state index in [1.54, 1.807) is 29.2 Å². The molecule has 0 bridgehead atoms. The number of benzene rings is 2. The third-order valence-electron chi connectivity index (χ3n) is 7.62. The molecular formula is C28H37FN4O4S. The Balaban J connectivity index is 1.29. The quantitative estimate of drug-likeness (QED) is 0.424. The van der Waals surface area contributed by atoms with E-state index in [0.717, 1.165) is 31.4 Å². The molecule has 10 heteroatoms. The topological polar surface area (TPSA) is 98.8 Å². The van der Waals surface area contributed by atoms with Crippen LogP contribution in [0.3, 0.4) is 0 Å². The molecule has 1 saturated heterocycles. The van der Waals surface area contributed by atoms with Crippen molar-refractivity contribution in [2.24, 2.45) is 0 Å². The Bertz CT molecular complexity index is 1220. The van der Waals surface area contributed by atoms with E-state index in [9.17, 15) is 22.4 Å². The molecule has 0 unspecified atom stereocenters. The van der Waals surface area contributed by atoms with Crippen LogP contribution in [0.1, 0.15) is 54.4 Å². The van der Waals surface area contributed by atoms with Crippen LogP contribution in [0.4, 0.5) is 4.39 Å². The van der Waals surface area contributed by atoms with Crippen LogP contribution in [-0.2, 0) is 14.8 Å². The molecule has 2 aromatic carbocycles. The first-order valence-corrected chi connectivity index (χ1v) is 15.0. The molecule has 0 spiro atoms. The first-order valence-electron chi connectivity index (χ1n) is 13.2. The van der Waals surface area contributed by atoms with Crippen LogP contribution in [0.2, 0.25) is 0 Å². The van der Waals surface area contributed by atoms with Crippen molar-refractivity contribution in [3.8, 4) is 0 Å². The van der Waals surface area contributed by atoms with E-state index in [1.807, 2.05) is 18.2 Å². The molecule has 8 nitrogen and oxygen atoms in total. The molecule has 4 rings (SSSR count). The van der Waals surface area contributed by atoms with Gasteiger partial charge in [0.25, 0.3) is 5.91 Å². The molecular weight excluding hydrogens is 507 g/mol. The number of halogens is 1. The summed E-state index contributed by atoms with van der Waals surface area (Å²) in [5, 5.41) is 6.52. The van der Waals surface area contributed by atoms with Gasteiger partial charge in [0.15, 0.2) is 0 Å². The Morgan fingerprint density at radius 2 is 1.68 bits per heavy atom. The highest BCUT2D eigenvalue weighted by molar-refractivity contribution is 7.88. The zero-order valence-electron chi connectivity index (χ0n) is 22.0. The summed E-state index contributed by atoms with van der Waals surface area (Å²) in [5.41, 5.74) is 1.60. The highest BCUT2D eigenvalue weighted by atomic mass is 32.2. The van der Waals surface area contributed by atoms with Gasteiger partial charge in [-0.2, -0.15) is 4.31 Å². The number of unbranched alkanes of at least 4 members (excludes halogenated alkanes) is 1.